The molecule has 0 spiro atoms. The van der Waals surface area contributed by atoms with Crippen molar-refractivity contribution in [2.75, 3.05) is 6.54 Å². The van der Waals surface area contributed by atoms with Gasteiger partial charge in [-0.25, -0.2) is 0 Å². The lowest BCUT2D eigenvalue weighted by molar-refractivity contribution is -0.695. The first-order valence-electron chi connectivity index (χ1n) is 8.98. The van der Waals surface area contributed by atoms with E-state index < -0.39 is 12.2 Å². The molecule has 0 aromatic heterocycles. The number of quaternary nitrogens is 1. The monoisotopic (exact) mass is 379 g/mol. The fraction of sp³-hybridized carbons (Fsp3) is 0.429. The van der Waals surface area contributed by atoms with Crippen molar-refractivity contribution in [1.82, 2.24) is 0 Å². The number of nitrogens with two attached hydrogens (primary N) is 1. The first-order chi connectivity index (χ1) is 12.0. The molecule has 0 fully saturated rings. The molecule has 0 radical (unpaired) electrons. The van der Waals surface area contributed by atoms with E-state index in [2.05, 4.69) is 5.32 Å². The molecule has 26 heavy (non-hydrogen) atoms. The van der Waals surface area contributed by atoms with Gasteiger partial charge in [-0.3, -0.25) is 0 Å². The maximum Gasteiger partial charge on any atom is 0.130 e. The molecule has 0 aliphatic carbocycles. The highest BCUT2D eigenvalue weighted by Gasteiger charge is 2.19. The average molecular weight is 380 g/mol. The summed E-state index contributed by atoms with van der Waals surface area (Å²) in [7, 11) is 0. The van der Waals surface area contributed by atoms with Crippen LogP contribution in [0.15, 0.2) is 54.6 Å². The summed E-state index contributed by atoms with van der Waals surface area (Å²) >= 11 is 0. The van der Waals surface area contributed by atoms with E-state index in [1.807, 2.05) is 75.4 Å². The van der Waals surface area contributed by atoms with Crippen LogP contribution in [-0.2, 0) is 0 Å². The van der Waals surface area contributed by atoms with Crippen LogP contribution >= 0.6 is 0 Å². The molecule has 2 aromatic carbocycles. The molecule has 4 nitrogen and oxygen atoms in total. The lowest BCUT2D eigenvalue weighted by Crippen LogP contribution is -3.00. The topological polar surface area (TPSA) is 66.3 Å². The van der Waals surface area contributed by atoms with E-state index in [9.17, 15) is 10.2 Å². The summed E-state index contributed by atoms with van der Waals surface area (Å²) in [4.78, 5) is 0. The third-order valence-electron chi connectivity index (χ3n) is 4.23. The Kier molecular flexibility index (Phi) is 9.66. The largest absolute Gasteiger partial charge is 1.00 e. The molecular weight excluding hydrogens is 350 g/mol. The lowest BCUT2D eigenvalue weighted by atomic mass is 10.0. The van der Waals surface area contributed by atoms with Crippen LogP contribution < -0.4 is 22.5 Å². The van der Waals surface area contributed by atoms with Crippen molar-refractivity contribution in [1.29, 1.82) is 0 Å². The molecule has 2 rings (SSSR count). The molecule has 2 aromatic rings. The van der Waals surface area contributed by atoms with E-state index in [1.54, 1.807) is 0 Å². The fourth-order valence-corrected chi connectivity index (χ4v) is 2.83. The fourth-order valence-electron chi connectivity index (χ4n) is 2.83. The van der Waals surface area contributed by atoms with Crippen LogP contribution in [-0.4, -0.2) is 28.9 Å². The second-order valence-corrected chi connectivity index (χ2v) is 6.78. The lowest BCUT2D eigenvalue weighted by Gasteiger charge is -2.19. The van der Waals surface area contributed by atoms with Crippen LogP contribution in [0.1, 0.15) is 50.5 Å². The Morgan fingerprint density at radius 1 is 0.923 bits per heavy atom. The van der Waals surface area contributed by atoms with Gasteiger partial charge < -0.3 is 32.7 Å². The van der Waals surface area contributed by atoms with Crippen LogP contribution in [0, 0.1) is 0 Å². The molecule has 0 aliphatic heterocycles. The molecule has 144 valence electrons. The minimum atomic E-state index is -0.534. The minimum Gasteiger partial charge on any atom is -1.00 e. The zero-order chi connectivity index (χ0) is 18.2. The number of ether oxygens (including phenoxy) is 1. The normalized spacial score (nSPS) is 14.4. The number of hydrogen-bond acceptors (Lipinski definition) is 3. The summed E-state index contributed by atoms with van der Waals surface area (Å²) in [6, 6.07) is 17.3. The molecule has 3 atom stereocenters. The smallest absolute Gasteiger partial charge is 0.130 e. The second-order valence-electron chi connectivity index (χ2n) is 6.78. The molecule has 0 saturated heterocycles. The highest BCUT2D eigenvalue weighted by Crippen LogP contribution is 2.22. The van der Waals surface area contributed by atoms with Crippen molar-refractivity contribution >= 4 is 0 Å². The predicted molar refractivity (Wildman–Crippen MR) is 99.4 cm³/mol. The summed E-state index contributed by atoms with van der Waals surface area (Å²) in [6.07, 6.45) is -0.313. The van der Waals surface area contributed by atoms with Gasteiger partial charge in [0.25, 0.3) is 0 Å². The number of rotatable bonds is 9. The van der Waals surface area contributed by atoms with E-state index in [4.69, 9.17) is 4.74 Å². The van der Waals surface area contributed by atoms with Gasteiger partial charge in [0.15, 0.2) is 0 Å². The SMILES string of the molecule is CC(C)Oc1cccc(C(O)CC[NH2+]C(C)C(O)c2ccccc2)c1.[Cl-]. The van der Waals surface area contributed by atoms with Crippen LogP contribution in [0.25, 0.3) is 0 Å². The van der Waals surface area contributed by atoms with Crippen LogP contribution in [0.5, 0.6) is 5.75 Å². The number of benzene rings is 2. The van der Waals surface area contributed by atoms with Crippen LogP contribution in [0.2, 0.25) is 0 Å². The van der Waals surface area contributed by atoms with Gasteiger partial charge in [-0.2, -0.15) is 0 Å². The molecule has 0 bridgehead atoms. The van der Waals surface area contributed by atoms with Crippen molar-refractivity contribution in [3.63, 3.8) is 0 Å². The third kappa shape index (κ3) is 6.96. The van der Waals surface area contributed by atoms with Crippen LogP contribution in [0.3, 0.4) is 0 Å². The zero-order valence-corrected chi connectivity index (χ0v) is 16.4. The average Bonchev–Trinajstić information content (AvgIpc) is 2.61. The summed E-state index contributed by atoms with van der Waals surface area (Å²) in [6.45, 7) is 6.71. The van der Waals surface area contributed by atoms with E-state index in [-0.39, 0.29) is 24.6 Å². The first kappa shape index (κ1) is 22.5. The summed E-state index contributed by atoms with van der Waals surface area (Å²) in [5.74, 6) is 0.781. The maximum absolute atomic E-state index is 10.4. The van der Waals surface area contributed by atoms with Gasteiger partial charge in [-0.05, 0) is 44.0 Å². The molecule has 0 saturated carbocycles. The van der Waals surface area contributed by atoms with Crippen LogP contribution in [0.4, 0.5) is 0 Å². The van der Waals surface area contributed by atoms with Crippen molar-refractivity contribution in [2.24, 2.45) is 0 Å². The second kappa shape index (κ2) is 11.2. The molecular formula is C21H30ClNO3. The Labute approximate surface area is 162 Å². The molecule has 0 amide bonds. The molecule has 4 N–H and O–H groups in total. The van der Waals surface area contributed by atoms with Crippen molar-refractivity contribution < 1.29 is 32.7 Å². The highest BCUT2D eigenvalue weighted by molar-refractivity contribution is 5.30. The number of aliphatic hydroxyl groups excluding tert-OH is 2. The van der Waals surface area contributed by atoms with Gasteiger partial charge in [0, 0.05) is 6.42 Å². The Balaban J connectivity index is 0.00000338. The van der Waals surface area contributed by atoms with Gasteiger partial charge in [0.05, 0.1) is 18.8 Å². The first-order valence-corrected chi connectivity index (χ1v) is 8.98. The quantitative estimate of drug-likeness (QED) is 0.555. The summed E-state index contributed by atoms with van der Waals surface area (Å²) < 4.78 is 5.68. The zero-order valence-electron chi connectivity index (χ0n) is 15.7. The predicted octanol–water partition coefficient (Wildman–Crippen LogP) is -0.413. The standard InChI is InChI=1S/C21H29NO3.ClH/c1-15(2)25-19-11-7-10-18(14-19)20(23)12-13-22-16(3)21(24)17-8-5-4-6-9-17;/h4-11,14-16,20-24H,12-13H2,1-3H3;1H. The van der Waals surface area contributed by atoms with E-state index in [0.29, 0.717) is 6.42 Å². The summed E-state index contributed by atoms with van der Waals surface area (Å²) in [5.41, 5.74) is 1.79. The van der Waals surface area contributed by atoms with Gasteiger partial charge in [0.1, 0.15) is 17.9 Å². The third-order valence-corrected chi connectivity index (χ3v) is 4.23. The number of hydrogen-bond donors (Lipinski definition) is 3. The Hall–Kier alpha value is -1.59. The minimum absolute atomic E-state index is 0. The van der Waals surface area contributed by atoms with Gasteiger partial charge in [-0.15, -0.1) is 0 Å². The molecule has 3 unspecified atom stereocenters. The molecule has 0 heterocycles. The van der Waals surface area contributed by atoms with E-state index in [1.165, 1.54) is 0 Å². The van der Waals surface area contributed by atoms with Gasteiger partial charge in [0.2, 0.25) is 0 Å². The van der Waals surface area contributed by atoms with Gasteiger partial charge in [-0.1, -0.05) is 42.5 Å². The Morgan fingerprint density at radius 3 is 2.23 bits per heavy atom. The van der Waals surface area contributed by atoms with Gasteiger partial charge >= 0.3 is 0 Å². The van der Waals surface area contributed by atoms with Crippen molar-refractivity contribution in [2.45, 2.75) is 51.5 Å². The van der Waals surface area contributed by atoms with Crippen molar-refractivity contribution in [3.8, 4) is 5.75 Å². The number of aliphatic hydroxyl groups is 2. The molecule has 5 heteroatoms. The summed E-state index contributed by atoms with van der Waals surface area (Å²) in [5, 5.41) is 22.9. The molecule has 0 aliphatic rings. The van der Waals surface area contributed by atoms with E-state index >= 15 is 0 Å². The maximum atomic E-state index is 10.4. The Bertz CT molecular complexity index is 636. The number of halogens is 1. The van der Waals surface area contributed by atoms with Crippen molar-refractivity contribution in [3.05, 3.63) is 65.7 Å². The highest BCUT2D eigenvalue weighted by atomic mass is 35.5. The Morgan fingerprint density at radius 2 is 1.58 bits per heavy atom. The van der Waals surface area contributed by atoms with E-state index in [0.717, 1.165) is 23.4 Å².